The summed E-state index contributed by atoms with van der Waals surface area (Å²) in [5, 5.41) is 8.02. The Kier molecular flexibility index (Phi) is 23.9. The average molecular weight is 447 g/mol. The van der Waals surface area contributed by atoms with E-state index in [4.69, 9.17) is 4.74 Å². The molecule has 0 spiro atoms. The van der Waals surface area contributed by atoms with Crippen molar-refractivity contribution < 1.29 is 19.1 Å². The summed E-state index contributed by atoms with van der Waals surface area (Å²) in [5.41, 5.74) is 0. The van der Waals surface area contributed by atoms with Crippen LogP contribution < -0.4 is 16.0 Å². The third-order valence-corrected chi connectivity index (χ3v) is 4.79. The number of methoxy groups -OCH3 is 1. The van der Waals surface area contributed by atoms with Crippen molar-refractivity contribution in [2.24, 2.45) is 11.8 Å². The molecular weight excluding hydrogens is 396 g/mol. The zero-order valence-electron chi connectivity index (χ0n) is 21.9. The van der Waals surface area contributed by atoms with Crippen molar-refractivity contribution in [1.82, 2.24) is 20.9 Å². The van der Waals surface area contributed by atoms with Crippen LogP contribution >= 0.6 is 0 Å². The van der Waals surface area contributed by atoms with Gasteiger partial charge >= 0.3 is 0 Å². The zero-order valence-corrected chi connectivity index (χ0v) is 21.9. The number of amides is 2. The lowest BCUT2D eigenvalue weighted by molar-refractivity contribution is -0.125. The van der Waals surface area contributed by atoms with Gasteiger partial charge in [0.25, 0.3) is 0 Å². The fraction of sp³-hybridized carbons (Fsp3) is 0.870. The largest absolute Gasteiger partial charge is 0.379 e. The van der Waals surface area contributed by atoms with Crippen molar-refractivity contribution in [3.63, 3.8) is 0 Å². The summed E-state index contributed by atoms with van der Waals surface area (Å²) in [6.07, 6.45) is 3.37. The van der Waals surface area contributed by atoms with Crippen molar-refractivity contribution >= 4 is 18.1 Å². The Hall–Kier alpha value is -1.51. The van der Waals surface area contributed by atoms with Crippen molar-refractivity contribution in [2.75, 3.05) is 41.8 Å². The van der Waals surface area contributed by atoms with Crippen LogP contribution in [0.1, 0.15) is 60.8 Å². The second kappa shape index (κ2) is 21.7. The van der Waals surface area contributed by atoms with Gasteiger partial charge in [0.2, 0.25) is 11.8 Å². The van der Waals surface area contributed by atoms with Gasteiger partial charge in [0.15, 0.2) is 0 Å². The fourth-order valence-electron chi connectivity index (χ4n) is 3.10. The molecule has 0 rings (SSSR count). The number of nitrogens with zero attached hydrogens (tertiary/aromatic N) is 1. The Bertz CT molecular complexity index is 459. The summed E-state index contributed by atoms with van der Waals surface area (Å²) in [6, 6.07) is 0.0530. The number of hydrogen-bond acceptors (Lipinski definition) is 6. The molecule has 0 aromatic heterocycles. The normalized spacial score (nSPS) is 14.2. The number of likely N-dealkylation sites (N-methyl/N-ethyl adjacent to an activating group) is 2. The summed E-state index contributed by atoms with van der Waals surface area (Å²) < 4.78 is 5.47. The maximum absolute atomic E-state index is 11.4. The van der Waals surface area contributed by atoms with Crippen molar-refractivity contribution in [1.29, 1.82) is 0 Å². The summed E-state index contributed by atoms with van der Waals surface area (Å²) in [4.78, 5) is 34.8. The van der Waals surface area contributed by atoms with Gasteiger partial charge in [0.1, 0.15) is 6.29 Å². The van der Waals surface area contributed by atoms with Crippen LogP contribution in [0.4, 0.5) is 0 Å². The minimum absolute atomic E-state index is 0.0296. The van der Waals surface area contributed by atoms with Gasteiger partial charge in [-0.3, -0.25) is 9.59 Å². The number of nitrogens with one attached hydrogen (secondary N) is 3. The van der Waals surface area contributed by atoms with Crippen LogP contribution in [0.15, 0.2) is 0 Å². The monoisotopic (exact) mass is 446 g/mol. The van der Waals surface area contributed by atoms with Crippen LogP contribution in [0.3, 0.4) is 0 Å². The second-order valence-corrected chi connectivity index (χ2v) is 8.12. The van der Waals surface area contributed by atoms with Crippen LogP contribution in [0, 0.1) is 11.8 Å². The smallest absolute Gasteiger partial charge is 0.237 e. The molecule has 2 amide bonds. The number of carbonyl (C=O) groups excluding carboxylic acids is 3. The van der Waals surface area contributed by atoms with Crippen LogP contribution in [-0.2, 0) is 19.1 Å². The van der Waals surface area contributed by atoms with Gasteiger partial charge in [0.05, 0.1) is 25.1 Å². The van der Waals surface area contributed by atoms with Gasteiger partial charge in [-0.15, -0.1) is 0 Å². The Morgan fingerprint density at radius 3 is 1.87 bits per heavy atom. The number of carbonyl (C=O) groups is 3. The van der Waals surface area contributed by atoms with E-state index >= 15 is 0 Å². The molecule has 0 bridgehead atoms. The number of aldehydes is 1. The maximum Gasteiger partial charge on any atom is 0.237 e. The molecule has 0 aliphatic rings. The predicted molar refractivity (Wildman–Crippen MR) is 129 cm³/mol. The molecule has 0 saturated carbocycles. The molecule has 186 valence electrons. The van der Waals surface area contributed by atoms with Crippen LogP contribution in [0.2, 0.25) is 0 Å². The molecule has 0 aliphatic heterocycles. The van der Waals surface area contributed by atoms with Crippen molar-refractivity contribution in [2.45, 2.75) is 79.0 Å². The highest BCUT2D eigenvalue weighted by molar-refractivity contribution is 5.83. The maximum atomic E-state index is 11.4. The van der Waals surface area contributed by atoms with Crippen LogP contribution in [0.25, 0.3) is 0 Å². The number of rotatable bonds is 12. The Labute approximate surface area is 191 Å². The lowest BCUT2D eigenvalue weighted by Gasteiger charge is -2.35. The van der Waals surface area contributed by atoms with E-state index in [0.29, 0.717) is 18.6 Å². The molecule has 0 heterocycles. The molecule has 3 N–H and O–H groups in total. The van der Waals surface area contributed by atoms with Crippen molar-refractivity contribution in [3.05, 3.63) is 0 Å². The van der Waals surface area contributed by atoms with E-state index in [2.05, 4.69) is 48.5 Å². The highest BCUT2D eigenvalue weighted by atomic mass is 16.5. The minimum Gasteiger partial charge on any atom is -0.379 e. The van der Waals surface area contributed by atoms with Gasteiger partial charge in [-0.2, -0.15) is 0 Å². The van der Waals surface area contributed by atoms with Gasteiger partial charge in [-0.1, -0.05) is 54.4 Å². The van der Waals surface area contributed by atoms with Gasteiger partial charge in [-0.05, 0) is 33.0 Å². The molecule has 0 radical (unpaired) electrons. The minimum atomic E-state index is -0.218. The van der Waals surface area contributed by atoms with Crippen LogP contribution in [0.5, 0.6) is 0 Å². The molecule has 0 fully saturated rings. The predicted octanol–water partition coefficient (Wildman–Crippen LogP) is 2.08. The summed E-state index contributed by atoms with van der Waals surface area (Å²) >= 11 is 0. The van der Waals surface area contributed by atoms with Gasteiger partial charge in [0, 0.05) is 20.2 Å². The molecule has 0 aliphatic carbocycles. The first-order valence-electron chi connectivity index (χ1n) is 11.3. The first-order valence-corrected chi connectivity index (χ1v) is 11.3. The SMILES string of the molecule is CCC.CCC(C)C(C(CC(=O)NC)OC)N(C)C.CNC(C(=O)NCC=O)C(C)C. The molecule has 0 aromatic rings. The quantitative estimate of drug-likeness (QED) is 0.397. The topological polar surface area (TPSA) is 99.8 Å². The molecule has 4 unspecified atom stereocenters. The molecular formula is C23H50N4O4. The second-order valence-electron chi connectivity index (χ2n) is 8.12. The Morgan fingerprint density at radius 1 is 1.06 bits per heavy atom. The van der Waals surface area contributed by atoms with E-state index in [9.17, 15) is 14.4 Å². The van der Waals surface area contributed by atoms with E-state index in [0.717, 1.165) is 6.42 Å². The Morgan fingerprint density at radius 2 is 1.58 bits per heavy atom. The standard InChI is InChI=1S/C12H26N2O2.C8H16N2O2.C3H8/c1-7-9(2)12(14(4)5)10(16-6)8-11(15)13-3;1-6(2)7(9-3)8(12)10-4-5-11;1-3-2/h9-10,12H,7-8H2,1-6H3,(H,13,15);5-7,9H,4H2,1-3H3,(H,10,12);3H2,1-2H3. The first kappa shape index (κ1) is 34.1. The molecule has 0 saturated heterocycles. The summed E-state index contributed by atoms with van der Waals surface area (Å²) in [7, 11) is 9.13. The third-order valence-electron chi connectivity index (χ3n) is 4.79. The lowest BCUT2D eigenvalue weighted by Crippen LogP contribution is -2.46. The van der Waals surface area contributed by atoms with Gasteiger partial charge in [-0.25, -0.2) is 0 Å². The zero-order chi connectivity index (χ0) is 25.0. The molecule has 0 aromatic carbocycles. The first-order chi connectivity index (χ1) is 14.5. The molecule has 31 heavy (non-hydrogen) atoms. The molecule has 8 nitrogen and oxygen atoms in total. The van der Waals surface area contributed by atoms with Crippen molar-refractivity contribution in [3.8, 4) is 0 Å². The van der Waals surface area contributed by atoms with Crippen LogP contribution in [-0.4, -0.2) is 83.0 Å². The van der Waals surface area contributed by atoms with E-state index in [1.165, 1.54) is 6.42 Å². The molecule has 4 atom stereocenters. The van der Waals surface area contributed by atoms with Gasteiger partial charge < -0.3 is 30.4 Å². The number of hydrogen-bond donors (Lipinski definition) is 3. The third kappa shape index (κ3) is 16.8. The fourth-order valence-corrected chi connectivity index (χ4v) is 3.10. The average Bonchev–Trinajstić information content (AvgIpc) is 2.72. The molecule has 8 heteroatoms. The van der Waals surface area contributed by atoms with E-state index in [1.54, 1.807) is 21.2 Å². The Balaban J connectivity index is -0.000000462. The van der Waals surface area contributed by atoms with E-state index in [-0.39, 0.29) is 42.5 Å². The highest BCUT2D eigenvalue weighted by Crippen LogP contribution is 2.20. The lowest BCUT2D eigenvalue weighted by atomic mass is 9.91. The number of ether oxygens (including phenoxy) is 1. The highest BCUT2D eigenvalue weighted by Gasteiger charge is 2.29. The summed E-state index contributed by atoms with van der Waals surface area (Å²) in [6.45, 7) is 12.6. The summed E-state index contributed by atoms with van der Waals surface area (Å²) in [5.74, 6) is 0.632. The van der Waals surface area contributed by atoms with E-state index < -0.39 is 0 Å². The van der Waals surface area contributed by atoms with E-state index in [1.807, 2.05) is 27.9 Å².